The molecule has 0 spiro atoms. The summed E-state index contributed by atoms with van der Waals surface area (Å²) in [6.07, 6.45) is -0.396. The quantitative estimate of drug-likeness (QED) is 0.550. The van der Waals surface area contributed by atoms with E-state index in [0.29, 0.717) is 0 Å². The highest BCUT2D eigenvalue weighted by atomic mass is 16.5. The number of carbonyl (C=O) groups is 2. The minimum atomic E-state index is -0.501. The summed E-state index contributed by atoms with van der Waals surface area (Å²) in [5.41, 5.74) is 1.00. The van der Waals surface area contributed by atoms with E-state index in [0.717, 1.165) is 5.56 Å². The van der Waals surface area contributed by atoms with Crippen molar-refractivity contribution in [2.75, 3.05) is 13.2 Å². The number of ketones is 1. The Balaban J connectivity index is 2.32. The Morgan fingerprint density at radius 3 is 2.50 bits per heavy atom. The number of ether oxygens (including phenoxy) is 2. The van der Waals surface area contributed by atoms with Crippen molar-refractivity contribution in [2.45, 2.75) is 26.4 Å². The Morgan fingerprint density at radius 1 is 1.22 bits per heavy atom. The number of esters is 1. The van der Waals surface area contributed by atoms with Gasteiger partial charge in [-0.05, 0) is 19.4 Å². The number of hydrogen-bond acceptors (Lipinski definition) is 4. The number of benzene rings is 1. The van der Waals surface area contributed by atoms with Crippen LogP contribution in [0.25, 0.3) is 0 Å². The summed E-state index contributed by atoms with van der Waals surface area (Å²) >= 11 is 0. The Bertz CT molecular complexity index is 386. The standard InChI is InChI=1S/C14H18O4/c1-3-17-14(16)9-13(15)10-18-11(2)12-7-5-4-6-8-12/h4-8,11H,3,9-10H2,1-2H3. The summed E-state index contributed by atoms with van der Waals surface area (Å²) in [6, 6.07) is 9.61. The molecule has 0 N–H and O–H groups in total. The Kier molecular flexibility index (Phi) is 6.08. The smallest absolute Gasteiger partial charge is 0.313 e. The van der Waals surface area contributed by atoms with Gasteiger partial charge in [-0.25, -0.2) is 0 Å². The van der Waals surface area contributed by atoms with Crippen LogP contribution in [-0.2, 0) is 19.1 Å². The van der Waals surface area contributed by atoms with Gasteiger partial charge < -0.3 is 9.47 Å². The fourth-order valence-corrected chi connectivity index (χ4v) is 1.46. The normalized spacial score (nSPS) is 11.9. The summed E-state index contributed by atoms with van der Waals surface area (Å²) in [6.45, 7) is 3.78. The molecule has 0 aromatic heterocycles. The molecular formula is C14H18O4. The Labute approximate surface area is 107 Å². The molecule has 0 aliphatic heterocycles. The molecule has 0 saturated carbocycles. The summed E-state index contributed by atoms with van der Waals surface area (Å²) in [5.74, 6) is -0.769. The summed E-state index contributed by atoms with van der Waals surface area (Å²) < 4.78 is 10.1. The number of Topliss-reactive ketones (excluding diaryl/α,β-unsaturated/α-hetero) is 1. The van der Waals surface area contributed by atoms with Crippen LogP contribution in [0.1, 0.15) is 31.9 Å². The van der Waals surface area contributed by atoms with Gasteiger partial charge in [0.05, 0.1) is 12.7 Å². The van der Waals surface area contributed by atoms with E-state index in [1.54, 1.807) is 6.92 Å². The van der Waals surface area contributed by atoms with Crippen LogP contribution in [0.15, 0.2) is 30.3 Å². The molecule has 0 heterocycles. The minimum Gasteiger partial charge on any atom is -0.466 e. The van der Waals surface area contributed by atoms with E-state index in [1.165, 1.54) is 0 Å². The summed E-state index contributed by atoms with van der Waals surface area (Å²) in [4.78, 5) is 22.5. The van der Waals surface area contributed by atoms with E-state index < -0.39 is 5.97 Å². The zero-order valence-corrected chi connectivity index (χ0v) is 10.7. The predicted molar refractivity (Wildman–Crippen MR) is 67.1 cm³/mol. The van der Waals surface area contributed by atoms with Crippen LogP contribution in [0.2, 0.25) is 0 Å². The van der Waals surface area contributed by atoms with Gasteiger partial charge in [0, 0.05) is 0 Å². The molecule has 0 fully saturated rings. The van der Waals surface area contributed by atoms with E-state index >= 15 is 0 Å². The van der Waals surface area contributed by atoms with Crippen molar-refractivity contribution in [3.05, 3.63) is 35.9 Å². The SMILES string of the molecule is CCOC(=O)CC(=O)COC(C)c1ccccc1. The Hall–Kier alpha value is -1.68. The summed E-state index contributed by atoms with van der Waals surface area (Å²) in [7, 11) is 0. The van der Waals surface area contributed by atoms with Crippen molar-refractivity contribution in [3.63, 3.8) is 0 Å². The van der Waals surface area contributed by atoms with Crippen molar-refractivity contribution < 1.29 is 19.1 Å². The maximum absolute atomic E-state index is 11.4. The maximum atomic E-state index is 11.4. The highest BCUT2D eigenvalue weighted by molar-refractivity contribution is 5.96. The molecule has 18 heavy (non-hydrogen) atoms. The van der Waals surface area contributed by atoms with Gasteiger partial charge in [0.25, 0.3) is 0 Å². The first-order valence-electron chi connectivity index (χ1n) is 5.97. The molecule has 1 aromatic carbocycles. The predicted octanol–water partition coefficient (Wildman–Crippen LogP) is 2.29. The first-order valence-corrected chi connectivity index (χ1v) is 5.97. The van der Waals surface area contributed by atoms with Crippen molar-refractivity contribution in [3.8, 4) is 0 Å². The third-order valence-corrected chi connectivity index (χ3v) is 2.41. The molecule has 4 nitrogen and oxygen atoms in total. The number of carbonyl (C=O) groups excluding carboxylic acids is 2. The molecule has 0 amide bonds. The second-order valence-corrected chi connectivity index (χ2v) is 3.88. The first-order chi connectivity index (χ1) is 8.63. The van der Waals surface area contributed by atoms with Gasteiger partial charge in [-0.3, -0.25) is 9.59 Å². The average molecular weight is 250 g/mol. The minimum absolute atomic E-state index is 0.0745. The van der Waals surface area contributed by atoms with Crippen LogP contribution in [-0.4, -0.2) is 25.0 Å². The molecule has 0 bridgehead atoms. The van der Waals surface area contributed by atoms with Gasteiger partial charge in [0.1, 0.15) is 13.0 Å². The maximum Gasteiger partial charge on any atom is 0.313 e. The van der Waals surface area contributed by atoms with Gasteiger partial charge >= 0.3 is 5.97 Å². The van der Waals surface area contributed by atoms with Crippen LogP contribution in [0.5, 0.6) is 0 Å². The van der Waals surface area contributed by atoms with Gasteiger partial charge in [-0.15, -0.1) is 0 Å². The van der Waals surface area contributed by atoms with E-state index in [2.05, 4.69) is 4.74 Å². The van der Waals surface area contributed by atoms with Crippen molar-refractivity contribution in [2.24, 2.45) is 0 Å². The lowest BCUT2D eigenvalue weighted by atomic mass is 10.1. The lowest BCUT2D eigenvalue weighted by molar-refractivity contribution is -0.146. The van der Waals surface area contributed by atoms with Gasteiger partial charge in [-0.2, -0.15) is 0 Å². The van der Waals surface area contributed by atoms with E-state index in [9.17, 15) is 9.59 Å². The first kappa shape index (κ1) is 14.4. The van der Waals surface area contributed by atoms with Crippen LogP contribution in [0.4, 0.5) is 0 Å². The van der Waals surface area contributed by atoms with E-state index in [1.807, 2.05) is 37.3 Å². The monoisotopic (exact) mass is 250 g/mol. The highest BCUT2D eigenvalue weighted by Crippen LogP contribution is 2.15. The molecule has 0 aliphatic rings. The fourth-order valence-electron chi connectivity index (χ4n) is 1.46. The Morgan fingerprint density at radius 2 is 1.89 bits per heavy atom. The largest absolute Gasteiger partial charge is 0.466 e. The number of hydrogen-bond donors (Lipinski definition) is 0. The molecule has 1 aromatic rings. The van der Waals surface area contributed by atoms with Crippen LogP contribution < -0.4 is 0 Å². The summed E-state index contributed by atoms with van der Waals surface area (Å²) in [5, 5.41) is 0. The molecule has 1 unspecified atom stereocenters. The molecule has 1 rings (SSSR count). The molecular weight excluding hydrogens is 232 g/mol. The molecule has 0 radical (unpaired) electrons. The van der Waals surface area contributed by atoms with Gasteiger partial charge in [-0.1, -0.05) is 30.3 Å². The second-order valence-electron chi connectivity index (χ2n) is 3.88. The van der Waals surface area contributed by atoms with Gasteiger partial charge in [0.2, 0.25) is 0 Å². The highest BCUT2D eigenvalue weighted by Gasteiger charge is 2.12. The zero-order chi connectivity index (χ0) is 13.4. The average Bonchev–Trinajstić information content (AvgIpc) is 2.37. The van der Waals surface area contributed by atoms with Crippen LogP contribution >= 0.6 is 0 Å². The van der Waals surface area contributed by atoms with E-state index in [4.69, 9.17) is 4.74 Å². The lowest BCUT2D eigenvalue weighted by Crippen LogP contribution is -2.17. The molecule has 0 aliphatic carbocycles. The second kappa shape index (κ2) is 7.61. The third-order valence-electron chi connectivity index (χ3n) is 2.41. The number of rotatable bonds is 7. The van der Waals surface area contributed by atoms with Crippen LogP contribution in [0, 0.1) is 0 Å². The van der Waals surface area contributed by atoms with E-state index in [-0.39, 0.29) is 31.5 Å². The molecule has 98 valence electrons. The third kappa shape index (κ3) is 5.10. The zero-order valence-electron chi connectivity index (χ0n) is 10.7. The molecule has 0 saturated heterocycles. The molecule has 4 heteroatoms. The molecule has 1 atom stereocenters. The topological polar surface area (TPSA) is 52.6 Å². The van der Waals surface area contributed by atoms with Crippen molar-refractivity contribution in [1.82, 2.24) is 0 Å². The van der Waals surface area contributed by atoms with Gasteiger partial charge in [0.15, 0.2) is 5.78 Å². The fraction of sp³-hybridized carbons (Fsp3) is 0.429. The lowest BCUT2D eigenvalue weighted by Gasteiger charge is -2.12. The van der Waals surface area contributed by atoms with Crippen molar-refractivity contribution in [1.29, 1.82) is 0 Å². The van der Waals surface area contributed by atoms with Crippen LogP contribution in [0.3, 0.4) is 0 Å². The van der Waals surface area contributed by atoms with Crippen molar-refractivity contribution >= 4 is 11.8 Å².